The van der Waals surface area contributed by atoms with Gasteiger partial charge in [-0.15, -0.1) is 0 Å². The van der Waals surface area contributed by atoms with Gasteiger partial charge in [0.1, 0.15) is 0 Å². The van der Waals surface area contributed by atoms with Crippen LogP contribution in [-0.2, 0) is 11.2 Å². The van der Waals surface area contributed by atoms with E-state index in [1.165, 1.54) is 11.1 Å². The number of allylic oxidation sites excluding steroid dienone is 4. The fourth-order valence-corrected chi connectivity index (χ4v) is 1.99. The first kappa shape index (κ1) is 11.6. The summed E-state index contributed by atoms with van der Waals surface area (Å²) in [6.07, 6.45) is 10.4. The van der Waals surface area contributed by atoms with E-state index in [2.05, 4.69) is 30.1 Å². The minimum atomic E-state index is 0.583. The van der Waals surface area contributed by atoms with Gasteiger partial charge in [-0.25, -0.2) is 4.79 Å². The third-order valence-corrected chi connectivity index (χ3v) is 2.98. The summed E-state index contributed by atoms with van der Waals surface area (Å²) in [4.78, 5) is 13.7. The van der Waals surface area contributed by atoms with Gasteiger partial charge >= 0.3 is 0 Å². The molecular weight excluding hydrogens is 210 g/mol. The molecule has 0 saturated carbocycles. The number of aliphatic imine (C=N–C) groups is 1. The number of nitrogens with zero attached hydrogens (tertiary/aromatic N) is 1. The molecule has 0 amide bonds. The van der Waals surface area contributed by atoms with E-state index >= 15 is 0 Å². The number of hydrogen-bond donors (Lipinski definition) is 0. The lowest BCUT2D eigenvalue weighted by atomic mass is 9.91. The summed E-state index contributed by atoms with van der Waals surface area (Å²) >= 11 is 0. The van der Waals surface area contributed by atoms with E-state index in [0.29, 0.717) is 11.6 Å². The highest BCUT2D eigenvalue weighted by atomic mass is 16.1. The van der Waals surface area contributed by atoms with Gasteiger partial charge in [0, 0.05) is 0 Å². The first-order valence-electron chi connectivity index (χ1n) is 5.80. The summed E-state index contributed by atoms with van der Waals surface area (Å²) < 4.78 is 0. The van der Waals surface area contributed by atoms with E-state index in [-0.39, 0.29) is 0 Å². The van der Waals surface area contributed by atoms with Crippen LogP contribution in [0.25, 0.3) is 0 Å². The molecule has 0 spiro atoms. The van der Waals surface area contributed by atoms with Gasteiger partial charge in [0.2, 0.25) is 6.08 Å². The smallest absolute Gasteiger partial charge is 0.211 e. The molecule has 0 aromatic heterocycles. The predicted octanol–water partition coefficient (Wildman–Crippen LogP) is 3.72. The third kappa shape index (κ3) is 3.27. The molecule has 0 radical (unpaired) electrons. The highest BCUT2D eigenvalue weighted by Crippen LogP contribution is 2.21. The largest absolute Gasteiger partial charge is 0.240 e. The lowest BCUT2D eigenvalue weighted by Gasteiger charge is -2.14. The summed E-state index contributed by atoms with van der Waals surface area (Å²) in [5.74, 6) is 0.583. The molecule has 0 saturated heterocycles. The van der Waals surface area contributed by atoms with E-state index in [1.807, 2.05) is 24.3 Å². The maximum atomic E-state index is 10.1. The monoisotopic (exact) mass is 225 g/mol. The minimum absolute atomic E-state index is 0.583. The fraction of sp³-hybridized carbons (Fsp3) is 0.267. The zero-order valence-corrected chi connectivity index (χ0v) is 9.89. The molecule has 0 N–H and O–H groups in total. The molecule has 0 bridgehead atoms. The molecular formula is C15H15NO. The molecule has 2 nitrogen and oxygen atoms in total. The topological polar surface area (TPSA) is 29.4 Å². The average molecular weight is 225 g/mol. The Labute approximate surface area is 101 Å². The van der Waals surface area contributed by atoms with E-state index in [1.54, 1.807) is 6.08 Å². The average Bonchev–Trinajstić information content (AvgIpc) is 2.35. The Hall–Kier alpha value is -1.92. The maximum Gasteiger partial charge on any atom is 0.240 e. The number of hydrogen-bond acceptors (Lipinski definition) is 2. The molecule has 17 heavy (non-hydrogen) atoms. The molecule has 1 atom stereocenters. The Balaban J connectivity index is 2.00. The van der Waals surface area contributed by atoms with Crippen molar-refractivity contribution < 1.29 is 4.79 Å². The number of carbonyl (C=O) groups excluding carboxylic acids is 1. The van der Waals surface area contributed by atoms with Crippen LogP contribution in [0.4, 0.5) is 5.69 Å². The van der Waals surface area contributed by atoms with Crippen molar-refractivity contribution in [1.82, 2.24) is 0 Å². The van der Waals surface area contributed by atoms with Crippen LogP contribution in [0.15, 0.2) is 53.1 Å². The first-order valence-corrected chi connectivity index (χ1v) is 5.80. The van der Waals surface area contributed by atoms with Gasteiger partial charge in [-0.05, 0) is 43.4 Å². The Morgan fingerprint density at radius 1 is 1.35 bits per heavy atom. The highest BCUT2D eigenvalue weighted by molar-refractivity contribution is 5.49. The second-order valence-corrected chi connectivity index (χ2v) is 4.38. The Morgan fingerprint density at radius 3 is 2.71 bits per heavy atom. The standard InChI is InChI=1S/C15H15NO/c1-12-2-4-13(5-3-12)10-14-6-8-15(9-7-14)16-11-17/h2-4,6-9,13H,5,10H2,1H3. The van der Waals surface area contributed by atoms with Crippen molar-refractivity contribution in [3.8, 4) is 0 Å². The van der Waals surface area contributed by atoms with Gasteiger partial charge in [-0.1, -0.05) is 35.9 Å². The van der Waals surface area contributed by atoms with Crippen LogP contribution >= 0.6 is 0 Å². The highest BCUT2D eigenvalue weighted by Gasteiger charge is 2.08. The quantitative estimate of drug-likeness (QED) is 0.569. The van der Waals surface area contributed by atoms with Crippen LogP contribution in [0.2, 0.25) is 0 Å². The van der Waals surface area contributed by atoms with E-state index in [4.69, 9.17) is 0 Å². The lowest BCUT2D eigenvalue weighted by molar-refractivity contribution is 0.565. The van der Waals surface area contributed by atoms with Crippen LogP contribution in [0.3, 0.4) is 0 Å². The molecule has 0 aliphatic heterocycles. The van der Waals surface area contributed by atoms with Crippen LogP contribution in [-0.4, -0.2) is 6.08 Å². The molecule has 1 aliphatic carbocycles. The van der Waals surface area contributed by atoms with Crippen molar-refractivity contribution >= 4 is 11.8 Å². The van der Waals surface area contributed by atoms with Gasteiger partial charge in [0.05, 0.1) is 5.69 Å². The zero-order chi connectivity index (χ0) is 12.1. The number of benzene rings is 1. The molecule has 0 heterocycles. The van der Waals surface area contributed by atoms with Crippen molar-refractivity contribution in [2.24, 2.45) is 10.9 Å². The predicted molar refractivity (Wildman–Crippen MR) is 68.9 cm³/mol. The van der Waals surface area contributed by atoms with E-state index in [9.17, 15) is 4.79 Å². The number of rotatable bonds is 3. The summed E-state index contributed by atoms with van der Waals surface area (Å²) in [7, 11) is 0. The molecule has 1 unspecified atom stereocenters. The first-order chi connectivity index (χ1) is 8.28. The van der Waals surface area contributed by atoms with Crippen LogP contribution in [0.1, 0.15) is 18.9 Å². The Bertz CT molecular complexity index is 490. The summed E-state index contributed by atoms with van der Waals surface area (Å²) in [6, 6.07) is 7.76. The Kier molecular flexibility index (Phi) is 3.69. The summed E-state index contributed by atoms with van der Waals surface area (Å²) in [6.45, 7) is 2.12. The van der Waals surface area contributed by atoms with Crippen LogP contribution in [0.5, 0.6) is 0 Å². The normalized spacial score (nSPS) is 18.4. The molecule has 86 valence electrons. The summed E-state index contributed by atoms with van der Waals surface area (Å²) in [5, 5.41) is 0. The number of isocyanates is 1. The van der Waals surface area contributed by atoms with E-state index in [0.717, 1.165) is 12.8 Å². The van der Waals surface area contributed by atoms with Gasteiger partial charge in [0.15, 0.2) is 0 Å². The minimum Gasteiger partial charge on any atom is -0.211 e. The molecule has 1 aliphatic rings. The fourth-order valence-electron chi connectivity index (χ4n) is 1.99. The summed E-state index contributed by atoms with van der Waals surface area (Å²) in [5.41, 5.74) is 3.29. The van der Waals surface area contributed by atoms with Crippen molar-refractivity contribution in [3.05, 3.63) is 53.6 Å². The second-order valence-electron chi connectivity index (χ2n) is 4.38. The van der Waals surface area contributed by atoms with Crippen molar-refractivity contribution in [3.63, 3.8) is 0 Å². The molecule has 1 aromatic rings. The van der Waals surface area contributed by atoms with Crippen LogP contribution < -0.4 is 0 Å². The van der Waals surface area contributed by atoms with Gasteiger partial charge < -0.3 is 0 Å². The van der Waals surface area contributed by atoms with Crippen molar-refractivity contribution in [2.45, 2.75) is 19.8 Å². The second kappa shape index (κ2) is 5.42. The van der Waals surface area contributed by atoms with Gasteiger partial charge in [-0.3, -0.25) is 0 Å². The van der Waals surface area contributed by atoms with Crippen molar-refractivity contribution in [1.29, 1.82) is 0 Å². The molecule has 1 aromatic carbocycles. The van der Waals surface area contributed by atoms with Crippen LogP contribution in [0, 0.1) is 5.92 Å². The van der Waals surface area contributed by atoms with E-state index < -0.39 is 0 Å². The zero-order valence-electron chi connectivity index (χ0n) is 9.89. The third-order valence-electron chi connectivity index (χ3n) is 2.98. The van der Waals surface area contributed by atoms with Crippen molar-refractivity contribution in [2.75, 3.05) is 0 Å². The molecule has 2 rings (SSSR count). The maximum absolute atomic E-state index is 10.1. The molecule has 2 heteroatoms. The SMILES string of the molecule is CC1=CCC(Cc2ccc(N=C=O)cc2)C=C1. The van der Waals surface area contributed by atoms with Gasteiger partial charge in [0.25, 0.3) is 0 Å². The molecule has 0 fully saturated rings. The lowest BCUT2D eigenvalue weighted by Crippen LogP contribution is -2.03. The Morgan fingerprint density at radius 2 is 2.12 bits per heavy atom. The van der Waals surface area contributed by atoms with Gasteiger partial charge in [-0.2, -0.15) is 4.99 Å².